The predicted molar refractivity (Wildman–Crippen MR) is 194 cm³/mol. The zero-order valence-corrected chi connectivity index (χ0v) is 29.4. The zero-order valence-electron chi connectivity index (χ0n) is 28.4. The molecule has 4 rings (SSSR count). The maximum atomic E-state index is 13.2. The Morgan fingerprint density at radius 2 is 1.40 bits per heavy atom. The van der Waals surface area contributed by atoms with Gasteiger partial charge in [-0.3, -0.25) is 14.4 Å². The Labute approximate surface area is 279 Å². The molecule has 0 aromatic heterocycles. The van der Waals surface area contributed by atoms with E-state index in [4.69, 9.17) is 4.43 Å². The van der Waals surface area contributed by atoms with Crippen molar-refractivity contribution in [3.8, 4) is 0 Å². The van der Waals surface area contributed by atoms with Crippen molar-refractivity contribution >= 4 is 48.2 Å². The Kier molecular flexibility index (Phi) is 11.3. The van der Waals surface area contributed by atoms with Gasteiger partial charge in [0.1, 0.15) is 0 Å². The fraction of sp³-hybridized carbons (Fsp3) is 0.256. The number of hydrogen-bond acceptors (Lipinski definition) is 4. The molecule has 0 unspecified atom stereocenters. The van der Waals surface area contributed by atoms with E-state index >= 15 is 0 Å². The first kappa shape index (κ1) is 35.1. The Bertz CT molecular complexity index is 1690. The lowest BCUT2D eigenvalue weighted by atomic mass is 10.0. The quantitative estimate of drug-likeness (QED) is 0.166. The molecular formula is C39H45N3O4Si. The highest BCUT2D eigenvalue weighted by molar-refractivity contribution is 6.99. The summed E-state index contributed by atoms with van der Waals surface area (Å²) in [4.78, 5) is 39.1. The van der Waals surface area contributed by atoms with E-state index in [2.05, 4.69) is 86.9 Å². The monoisotopic (exact) mass is 647 g/mol. The molecule has 0 aliphatic heterocycles. The van der Waals surface area contributed by atoms with Crippen molar-refractivity contribution < 1.29 is 18.8 Å². The van der Waals surface area contributed by atoms with Gasteiger partial charge in [0, 0.05) is 31.4 Å². The van der Waals surface area contributed by atoms with Crippen molar-refractivity contribution in [1.29, 1.82) is 0 Å². The van der Waals surface area contributed by atoms with Crippen molar-refractivity contribution in [3.63, 3.8) is 0 Å². The van der Waals surface area contributed by atoms with Gasteiger partial charge in [-0.25, -0.2) is 0 Å². The fourth-order valence-corrected chi connectivity index (χ4v) is 10.5. The molecule has 244 valence electrons. The second-order valence-corrected chi connectivity index (χ2v) is 17.0. The van der Waals surface area contributed by atoms with E-state index in [-0.39, 0.29) is 29.3 Å². The van der Waals surface area contributed by atoms with Crippen molar-refractivity contribution in [2.24, 2.45) is 0 Å². The first-order valence-electron chi connectivity index (χ1n) is 15.8. The Hall–Kier alpha value is -4.79. The Balaban J connectivity index is 1.50. The largest absolute Gasteiger partial charge is 0.403 e. The number of aryl methyl sites for hydroxylation is 1. The van der Waals surface area contributed by atoms with E-state index in [0.717, 1.165) is 27.9 Å². The summed E-state index contributed by atoms with van der Waals surface area (Å²) in [5, 5.41) is 7.52. The predicted octanol–water partition coefficient (Wildman–Crippen LogP) is 5.53. The highest BCUT2D eigenvalue weighted by atomic mass is 28.4. The van der Waals surface area contributed by atoms with Crippen LogP contribution in [-0.4, -0.2) is 46.7 Å². The number of nitrogens with one attached hydrogen (secondary N) is 2. The molecule has 0 saturated heterocycles. The van der Waals surface area contributed by atoms with Gasteiger partial charge in [0.15, 0.2) is 0 Å². The average Bonchev–Trinajstić information content (AvgIpc) is 3.07. The molecule has 0 saturated carbocycles. The standard InChI is InChI=1S/C39H45N3O4Si/c1-28-18-24-35(42(7)37(44)26-41-36(43)25-21-30-19-22-31(23-20-30)38(45)40-6)29(2)34(28)27-46-47(39(3,4)5,32-14-10-8-11-15-32)33-16-12-9-13-17-33/h8-25H,26-27H2,1-7H3,(H,40,45)(H,41,43)/b25-21+. The molecule has 47 heavy (non-hydrogen) atoms. The first-order valence-corrected chi connectivity index (χ1v) is 17.7. The van der Waals surface area contributed by atoms with Gasteiger partial charge in [0.05, 0.1) is 13.2 Å². The number of carbonyl (C=O) groups excluding carboxylic acids is 3. The van der Waals surface area contributed by atoms with E-state index < -0.39 is 8.32 Å². The number of likely N-dealkylation sites (N-methyl/N-ethyl adjacent to an activating group) is 1. The smallest absolute Gasteiger partial charge is 0.261 e. The van der Waals surface area contributed by atoms with Crippen LogP contribution in [0.15, 0.2) is 103 Å². The number of rotatable bonds is 11. The van der Waals surface area contributed by atoms with E-state index in [1.165, 1.54) is 16.4 Å². The lowest BCUT2D eigenvalue weighted by molar-refractivity contribution is -0.122. The summed E-state index contributed by atoms with van der Waals surface area (Å²) in [5.41, 5.74) is 5.16. The number of anilines is 1. The summed E-state index contributed by atoms with van der Waals surface area (Å²) in [6, 6.07) is 31.9. The molecule has 4 aromatic carbocycles. The third kappa shape index (κ3) is 7.96. The minimum absolute atomic E-state index is 0.156. The van der Waals surface area contributed by atoms with Gasteiger partial charge >= 0.3 is 0 Å². The van der Waals surface area contributed by atoms with Crippen LogP contribution >= 0.6 is 0 Å². The van der Waals surface area contributed by atoms with Crippen LogP contribution in [0, 0.1) is 13.8 Å². The maximum Gasteiger partial charge on any atom is 0.261 e. The summed E-state index contributed by atoms with van der Waals surface area (Å²) in [7, 11) is 0.535. The SMILES string of the molecule is CNC(=O)c1ccc(/C=C/C(=O)NCC(=O)N(C)c2ccc(C)c(CO[Si](c3ccccc3)(c3ccccc3)C(C)(C)C)c2C)cc1. The summed E-state index contributed by atoms with van der Waals surface area (Å²) < 4.78 is 7.23. The highest BCUT2D eigenvalue weighted by Gasteiger charge is 2.50. The van der Waals surface area contributed by atoms with Crippen LogP contribution in [0.5, 0.6) is 0 Å². The minimum atomic E-state index is -2.76. The highest BCUT2D eigenvalue weighted by Crippen LogP contribution is 2.38. The number of carbonyl (C=O) groups is 3. The lowest BCUT2D eigenvalue weighted by Gasteiger charge is -2.43. The molecule has 0 bridgehead atoms. The molecule has 8 heteroatoms. The molecule has 0 spiro atoms. The first-order chi connectivity index (χ1) is 22.4. The molecule has 2 N–H and O–H groups in total. The topological polar surface area (TPSA) is 87.7 Å². The van der Waals surface area contributed by atoms with Gasteiger partial charge in [-0.1, -0.05) is 99.6 Å². The van der Waals surface area contributed by atoms with Crippen LogP contribution in [0.4, 0.5) is 5.69 Å². The number of amides is 3. The third-order valence-corrected chi connectivity index (χ3v) is 13.6. The Morgan fingerprint density at radius 1 is 0.830 bits per heavy atom. The van der Waals surface area contributed by atoms with Gasteiger partial charge in [-0.15, -0.1) is 0 Å². The van der Waals surface area contributed by atoms with Crippen molar-refractivity contribution in [1.82, 2.24) is 10.6 Å². The molecule has 4 aromatic rings. The number of benzene rings is 4. The molecular weight excluding hydrogens is 603 g/mol. The average molecular weight is 648 g/mol. The van der Waals surface area contributed by atoms with Gasteiger partial charge in [0.25, 0.3) is 14.2 Å². The fourth-order valence-electron chi connectivity index (χ4n) is 5.94. The normalized spacial score (nSPS) is 11.7. The van der Waals surface area contributed by atoms with Gasteiger partial charge in [-0.05, 0) is 75.8 Å². The molecule has 0 aliphatic carbocycles. The Morgan fingerprint density at radius 3 is 1.94 bits per heavy atom. The molecule has 0 atom stereocenters. The molecule has 0 heterocycles. The summed E-state index contributed by atoms with van der Waals surface area (Å²) in [6.07, 6.45) is 3.01. The van der Waals surface area contributed by atoms with Crippen LogP contribution in [0.1, 0.15) is 53.4 Å². The van der Waals surface area contributed by atoms with Crippen molar-refractivity contribution in [2.75, 3.05) is 25.5 Å². The number of hydrogen-bond donors (Lipinski definition) is 2. The molecule has 7 nitrogen and oxygen atoms in total. The van der Waals surface area contributed by atoms with E-state index in [1.807, 2.05) is 31.2 Å². The van der Waals surface area contributed by atoms with E-state index in [1.54, 1.807) is 49.3 Å². The van der Waals surface area contributed by atoms with Crippen molar-refractivity contribution in [2.45, 2.75) is 46.3 Å². The van der Waals surface area contributed by atoms with Crippen LogP contribution < -0.4 is 25.9 Å². The molecule has 3 amide bonds. The summed E-state index contributed by atoms with van der Waals surface area (Å²) in [6.45, 7) is 11.1. The third-order valence-electron chi connectivity index (χ3n) is 8.63. The zero-order chi connectivity index (χ0) is 34.2. The second-order valence-electron chi connectivity index (χ2n) is 12.7. The van der Waals surface area contributed by atoms with E-state index in [0.29, 0.717) is 12.2 Å². The molecule has 0 radical (unpaired) electrons. The summed E-state index contributed by atoms with van der Waals surface area (Å²) in [5.74, 6) is -0.807. The second kappa shape index (κ2) is 15.2. The minimum Gasteiger partial charge on any atom is -0.403 e. The lowest BCUT2D eigenvalue weighted by Crippen LogP contribution is -2.66. The van der Waals surface area contributed by atoms with Crippen LogP contribution in [-0.2, 0) is 20.6 Å². The molecule has 0 aliphatic rings. The van der Waals surface area contributed by atoms with Gasteiger partial charge < -0.3 is 20.0 Å². The van der Waals surface area contributed by atoms with Crippen LogP contribution in [0.3, 0.4) is 0 Å². The maximum absolute atomic E-state index is 13.2. The van der Waals surface area contributed by atoms with Gasteiger partial charge in [-0.2, -0.15) is 0 Å². The van der Waals surface area contributed by atoms with Crippen molar-refractivity contribution in [3.05, 3.63) is 131 Å². The van der Waals surface area contributed by atoms with Crippen LogP contribution in [0.25, 0.3) is 6.08 Å². The molecule has 0 fully saturated rings. The van der Waals surface area contributed by atoms with Crippen LogP contribution in [0.2, 0.25) is 5.04 Å². The summed E-state index contributed by atoms with van der Waals surface area (Å²) >= 11 is 0. The van der Waals surface area contributed by atoms with Gasteiger partial charge in [0.2, 0.25) is 11.8 Å². The number of nitrogens with zero attached hydrogens (tertiary/aromatic N) is 1. The van der Waals surface area contributed by atoms with E-state index in [9.17, 15) is 14.4 Å².